The Morgan fingerprint density at radius 3 is 1.38 bits per heavy atom. The number of likely N-dealkylation sites (tertiary alicyclic amines) is 2. The molecule has 2 aliphatic rings. The van der Waals surface area contributed by atoms with Crippen LogP contribution >= 0.6 is 0 Å². The van der Waals surface area contributed by atoms with Crippen LogP contribution in [0, 0.1) is 0 Å². The minimum Gasteiger partial charge on any atom is -0.480 e. The van der Waals surface area contributed by atoms with Gasteiger partial charge in [-0.15, -0.1) is 0 Å². The van der Waals surface area contributed by atoms with Crippen molar-refractivity contribution in [1.29, 1.82) is 0 Å². The molecule has 0 saturated carbocycles. The summed E-state index contributed by atoms with van der Waals surface area (Å²) in [7, 11) is 0. The van der Waals surface area contributed by atoms with Gasteiger partial charge >= 0.3 is 24.1 Å². The van der Waals surface area contributed by atoms with Gasteiger partial charge in [-0.2, -0.15) is 0 Å². The van der Waals surface area contributed by atoms with E-state index in [0.717, 1.165) is 23.1 Å². The molecular formula is C47H62N4O10. The van der Waals surface area contributed by atoms with Gasteiger partial charge in [0.05, 0.1) is 0 Å². The Balaban J connectivity index is 0.000000276. The first kappa shape index (κ1) is 47.8. The Kier molecular flexibility index (Phi) is 16.9. The lowest BCUT2D eigenvalue weighted by Crippen LogP contribution is -2.56. The lowest BCUT2D eigenvalue weighted by molar-refractivity contribution is -0.149. The summed E-state index contributed by atoms with van der Waals surface area (Å²) in [5.41, 5.74) is 1.74. The van der Waals surface area contributed by atoms with E-state index in [1.165, 1.54) is 16.7 Å². The highest BCUT2D eigenvalue weighted by atomic mass is 16.6. The maximum Gasteiger partial charge on any atom is 0.410 e. The van der Waals surface area contributed by atoms with E-state index in [0.29, 0.717) is 32.4 Å². The Morgan fingerprint density at radius 2 is 1.00 bits per heavy atom. The van der Waals surface area contributed by atoms with E-state index < -0.39 is 71.3 Å². The summed E-state index contributed by atoms with van der Waals surface area (Å²) in [4.78, 5) is 78.0. The molecule has 2 fully saturated rings. The molecule has 0 unspecified atom stereocenters. The Bertz CT molecular complexity index is 1930. The monoisotopic (exact) mass is 842 g/mol. The highest BCUT2D eigenvalue weighted by Gasteiger charge is 2.41. The third kappa shape index (κ3) is 14.9. The van der Waals surface area contributed by atoms with Crippen molar-refractivity contribution in [2.24, 2.45) is 0 Å². The van der Waals surface area contributed by atoms with Crippen LogP contribution in [0.1, 0.15) is 110 Å². The van der Waals surface area contributed by atoms with Gasteiger partial charge in [-0.3, -0.25) is 24.2 Å². The van der Waals surface area contributed by atoms with E-state index in [-0.39, 0.29) is 18.4 Å². The summed E-state index contributed by atoms with van der Waals surface area (Å²) in [6.07, 6.45) is 1.21. The van der Waals surface area contributed by atoms with Crippen molar-refractivity contribution in [2.75, 3.05) is 13.1 Å². The highest BCUT2D eigenvalue weighted by molar-refractivity contribution is 5.90. The standard InChI is InChI=1S/C27H34N2O5.C20H28N2O5/c1-19(25(31)33-18-20-11-7-5-8-12-20)28-24(30)23-17-22(21-13-9-6-10-14-21)15-16-29(23)26(32)34-27(2,3)4;1-13(18(24)25)21-17(23)16-12-15(14-8-6-5-7-9-14)10-11-22(16)19(26)27-20(2,3)4/h5-14,19,22-23H,15-18H2,1-4H3,(H,28,30);5-9,13,15-16H,10-12H2,1-4H3,(H,21,23)(H,24,25)/t19-,22-,23+;13-,15-,16+/m00/s1. The molecule has 0 aliphatic carbocycles. The van der Waals surface area contributed by atoms with Crippen molar-refractivity contribution >= 4 is 35.9 Å². The van der Waals surface area contributed by atoms with E-state index in [1.54, 1.807) is 48.5 Å². The maximum atomic E-state index is 13.3. The van der Waals surface area contributed by atoms with Gasteiger partial charge in [0.25, 0.3) is 0 Å². The van der Waals surface area contributed by atoms with Gasteiger partial charge in [-0.05, 0) is 110 Å². The molecule has 3 aromatic carbocycles. The lowest BCUT2D eigenvalue weighted by Gasteiger charge is -2.39. The average Bonchev–Trinajstić information content (AvgIpc) is 3.22. The number of nitrogens with one attached hydrogen (secondary N) is 2. The van der Waals surface area contributed by atoms with Crippen LogP contribution in [0.5, 0.6) is 0 Å². The molecule has 330 valence electrons. The van der Waals surface area contributed by atoms with Crippen molar-refractivity contribution in [3.05, 3.63) is 108 Å². The van der Waals surface area contributed by atoms with E-state index in [9.17, 15) is 28.8 Å². The van der Waals surface area contributed by atoms with Crippen LogP contribution in [0.25, 0.3) is 0 Å². The predicted octanol–water partition coefficient (Wildman–Crippen LogP) is 7.18. The number of amides is 4. The fourth-order valence-corrected chi connectivity index (χ4v) is 7.16. The number of aliphatic carboxylic acids is 1. The maximum absolute atomic E-state index is 13.3. The number of carbonyl (C=O) groups excluding carboxylic acids is 5. The van der Waals surface area contributed by atoms with Gasteiger partial charge in [0.2, 0.25) is 11.8 Å². The second-order valence-corrected chi connectivity index (χ2v) is 17.5. The second-order valence-electron chi connectivity index (χ2n) is 17.5. The Labute approximate surface area is 359 Å². The van der Waals surface area contributed by atoms with Gasteiger partial charge in [0, 0.05) is 13.1 Å². The Hall–Kier alpha value is -5.92. The van der Waals surface area contributed by atoms with E-state index in [2.05, 4.69) is 10.6 Å². The molecule has 4 amide bonds. The third-order valence-corrected chi connectivity index (χ3v) is 10.3. The topological polar surface area (TPSA) is 181 Å². The normalized spacial score (nSPS) is 20.1. The number of benzene rings is 3. The number of hydrogen-bond acceptors (Lipinski definition) is 9. The summed E-state index contributed by atoms with van der Waals surface area (Å²) in [6, 6.07) is 25.7. The van der Waals surface area contributed by atoms with Crippen molar-refractivity contribution in [2.45, 2.75) is 135 Å². The minimum atomic E-state index is -1.12. The summed E-state index contributed by atoms with van der Waals surface area (Å²) < 4.78 is 16.3. The number of nitrogens with zero attached hydrogens (tertiary/aromatic N) is 2. The van der Waals surface area contributed by atoms with Gasteiger partial charge < -0.3 is 30.0 Å². The van der Waals surface area contributed by atoms with Crippen molar-refractivity contribution in [3.8, 4) is 0 Å². The van der Waals surface area contributed by atoms with Crippen molar-refractivity contribution in [3.63, 3.8) is 0 Å². The zero-order chi connectivity index (χ0) is 44.9. The number of carbonyl (C=O) groups is 6. The van der Waals surface area contributed by atoms with Crippen LogP contribution in [-0.4, -0.2) is 99.3 Å². The molecule has 0 spiro atoms. The molecule has 0 aromatic heterocycles. The second kappa shape index (κ2) is 21.6. The zero-order valence-electron chi connectivity index (χ0n) is 36.6. The molecule has 2 saturated heterocycles. The Morgan fingerprint density at radius 1 is 0.623 bits per heavy atom. The summed E-state index contributed by atoms with van der Waals surface area (Å²) in [5.74, 6) is -2.29. The fourth-order valence-electron chi connectivity index (χ4n) is 7.16. The highest BCUT2D eigenvalue weighted by Crippen LogP contribution is 2.34. The van der Waals surface area contributed by atoms with Crippen molar-refractivity contribution < 1.29 is 48.1 Å². The number of esters is 1. The molecule has 0 bridgehead atoms. The van der Waals surface area contributed by atoms with E-state index in [1.807, 2.05) is 91.0 Å². The SMILES string of the molecule is C[C@H](NC(=O)[C@H]1C[C@@H](c2ccccc2)CCN1C(=O)OC(C)(C)C)C(=O)O.C[C@H](NC(=O)[C@H]1C[C@@H](c2ccccc2)CCN1C(=O)OC(C)(C)C)C(=O)OCc1ccccc1. The van der Waals surface area contributed by atoms with Gasteiger partial charge in [0.1, 0.15) is 42.0 Å². The number of piperidine rings is 2. The number of rotatable bonds is 10. The number of carboxylic acid groups (broad SMARTS) is 1. The summed E-state index contributed by atoms with van der Waals surface area (Å²) >= 11 is 0. The van der Waals surface area contributed by atoms with Crippen LogP contribution in [0.4, 0.5) is 9.59 Å². The van der Waals surface area contributed by atoms with Crippen molar-refractivity contribution in [1.82, 2.24) is 20.4 Å². The van der Waals surface area contributed by atoms with Gasteiger partial charge in [-0.25, -0.2) is 14.4 Å². The van der Waals surface area contributed by atoms with Crippen LogP contribution in [-0.2, 0) is 40.0 Å². The third-order valence-electron chi connectivity index (χ3n) is 10.3. The summed E-state index contributed by atoms with van der Waals surface area (Å²) in [6.45, 7) is 14.5. The molecule has 0 radical (unpaired) electrons. The molecule has 14 heteroatoms. The molecule has 2 aliphatic heterocycles. The lowest BCUT2D eigenvalue weighted by atomic mass is 9.85. The first-order valence-electron chi connectivity index (χ1n) is 20.9. The van der Waals surface area contributed by atoms with E-state index in [4.69, 9.17) is 19.3 Å². The van der Waals surface area contributed by atoms with E-state index >= 15 is 0 Å². The molecule has 3 aromatic rings. The minimum absolute atomic E-state index is 0.112. The number of carboxylic acids is 1. The quantitative estimate of drug-likeness (QED) is 0.140. The molecule has 5 rings (SSSR count). The molecule has 3 N–H and O–H groups in total. The molecule has 2 heterocycles. The van der Waals surface area contributed by atoms with Gasteiger partial charge in [-0.1, -0.05) is 91.0 Å². The van der Waals surface area contributed by atoms with Crippen LogP contribution in [0.15, 0.2) is 91.0 Å². The largest absolute Gasteiger partial charge is 0.480 e. The first-order valence-corrected chi connectivity index (χ1v) is 20.9. The van der Waals surface area contributed by atoms with Crippen LogP contribution in [0.3, 0.4) is 0 Å². The molecule has 61 heavy (non-hydrogen) atoms. The predicted molar refractivity (Wildman–Crippen MR) is 229 cm³/mol. The average molecular weight is 843 g/mol. The first-order chi connectivity index (χ1) is 28.7. The number of ether oxygens (including phenoxy) is 3. The molecule has 6 atom stereocenters. The number of hydrogen-bond donors (Lipinski definition) is 3. The van der Waals surface area contributed by atoms with Crippen LogP contribution < -0.4 is 10.6 Å². The van der Waals surface area contributed by atoms with Gasteiger partial charge in [0.15, 0.2) is 0 Å². The zero-order valence-corrected chi connectivity index (χ0v) is 36.6. The summed E-state index contributed by atoms with van der Waals surface area (Å²) in [5, 5.41) is 14.3. The molecular weight excluding hydrogens is 781 g/mol. The van der Waals surface area contributed by atoms with Crippen LogP contribution in [0.2, 0.25) is 0 Å². The molecule has 14 nitrogen and oxygen atoms in total. The fraction of sp³-hybridized carbons (Fsp3) is 0.489. The smallest absolute Gasteiger partial charge is 0.410 e.